The van der Waals surface area contributed by atoms with Crippen molar-refractivity contribution >= 4 is 37.7 Å². The lowest BCUT2D eigenvalue weighted by atomic mass is 10.2. The van der Waals surface area contributed by atoms with E-state index in [1.165, 1.54) is 21.2 Å². The molecule has 26 heavy (non-hydrogen) atoms. The number of benzene rings is 2. The second-order valence-corrected chi connectivity index (χ2v) is 8.06. The molecule has 0 spiro atoms. The molecule has 132 valence electrons. The molecule has 0 bridgehead atoms. The number of hydrogen-bond acceptors (Lipinski definition) is 4. The molecule has 5 rings (SSSR count). The highest BCUT2D eigenvalue weighted by atomic mass is 32.1. The summed E-state index contributed by atoms with van der Waals surface area (Å²) in [5, 5.41) is 1.32. The smallest absolute Gasteiger partial charge is 0.207 e. The Morgan fingerprint density at radius 1 is 0.923 bits per heavy atom. The second-order valence-electron chi connectivity index (χ2n) is 7.03. The summed E-state index contributed by atoms with van der Waals surface area (Å²) in [5.41, 5.74) is 2.60. The van der Waals surface area contributed by atoms with E-state index in [0.29, 0.717) is 0 Å². The Balaban J connectivity index is 1.67. The van der Waals surface area contributed by atoms with Crippen LogP contribution >= 0.6 is 11.3 Å². The van der Waals surface area contributed by atoms with Crippen molar-refractivity contribution in [2.75, 3.05) is 38.1 Å². The average molecular weight is 363 g/mol. The van der Waals surface area contributed by atoms with Crippen molar-refractivity contribution in [3.8, 4) is 0 Å². The molecule has 3 heterocycles. The number of fused-ring (bicyclic) bond motifs is 3. The number of nitrogens with zero attached hydrogens (tertiary/aromatic N) is 4. The monoisotopic (exact) mass is 362 g/mol. The van der Waals surface area contributed by atoms with E-state index in [-0.39, 0.29) is 0 Å². The van der Waals surface area contributed by atoms with Gasteiger partial charge in [-0.1, -0.05) is 48.5 Å². The predicted molar refractivity (Wildman–Crippen MR) is 110 cm³/mol. The lowest BCUT2D eigenvalue weighted by molar-refractivity contribution is 0.310. The fourth-order valence-corrected chi connectivity index (χ4v) is 4.84. The standard InChI is InChI=1S/C21H22N4S/c1-23-11-13-24(14-12-23)21-22-20-19(17-9-5-6-10-18(17)26-20)25(21)15-16-7-3-2-4-8-16/h2-10H,11-15H2,1H3. The van der Waals surface area contributed by atoms with E-state index >= 15 is 0 Å². The molecule has 4 aromatic rings. The van der Waals surface area contributed by atoms with Crippen LogP contribution in [0.2, 0.25) is 0 Å². The van der Waals surface area contributed by atoms with Crippen molar-refractivity contribution in [3.63, 3.8) is 0 Å². The van der Waals surface area contributed by atoms with Gasteiger partial charge in [-0.3, -0.25) is 0 Å². The number of likely N-dealkylation sites (N-methyl/N-ethyl adjacent to an activating group) is 1. The number of thiophene rings is 1. The summed E-state index contributed by atoms with van der Waals surface area (Å²) < 4.78 is 3.74. The molecule has 2 aromatic heterocycles. The van der Waals surface area contributed by atoms with Crippen molar-refractivity contribution in [2.45, 2.75) is 6.54 Å². The van der Waals surface area contributed by atoms with Gasteiger partial charge in [-0.2, -0.15) is 0 Å². The molecule has 0 unspecified atom stereocenters. The van der Waals surface area contributed by atoms with Crippen LogP contribution in [0.5, 0.6) is 0 Å². The van der Waals surface area contributed by atoms with Gasteiger partial charge in [0.25, 0.3) is 0 Å². The molecule has 4 nitrogen and oxygen atoms in total. The van der Waals surface area contributed by atoms with Crippen LogP contribution in [0.25, 0.3) is 20.4 Å². The summed E-state index contributed by atoms with van der Waals surface area (Å²) >= 11 is 1.80. The molecular weight excluding hydrogens is 340 g/mol. The minimum absolute atomic E-state index is 0.861. The molecule has 0 saturated carbocycles. The fourth-order valence-electron chi connectivity index (χ4n) is 3.77. The van der Waals surface area contributed by atoms with Crippen LogP contribution in [-0.4, -0.2) is 47.7 Å². The highest BCUT2D eigenvalue weighted by Gasteiger charge is 2.23. The normalized spacial score (nSPS) is 16.0. The first-order chi connectivity index (χ1) is 12.8. The van der Waals surface area contributed by atoms with Gasteiger partial charge < -0.3 is 14.4 Å². The number of rotatable bonds is 3. The molecule has 0 aliphatic carbocycles. The third kappa shape index (κ3) is 2.68. The van der Waals surface area contributed by atoms with Gasteiger partial charge in [-0.05, 0) is 18.7 Å². The Kier molecular flexibility index (Phi) is 3.91. The molecule has 5 heteroatoms. The van der Waals surface area contributed by atoms with E-state index in [1.54, 1.807) is 11.3 Å². The van der Waals surface area contributed by atoms with E-state index in [9.17, 15) is 0 Å². The molecule has 1 aliphatic heterocycles. The van der Waals surface area contributed by atoms with Gasteiger partial charge in [-0.15, -0.1) is 11.3 Å². The van der Waals surface area contributed by atoms with Crippen LogP contribution in [0.3, 0.4) is 0 Å². The van der Waals surface area contributed by atoms with E-state index in [2.05, 4.69) is 76.0 Å². The van der Waals surface area contributed by atoms with Gasteiger partial charge in [0.05, 0.1) is 12.1 Å². The van der Waals surface area contributed by atoms with Crippen molar-refractivity contribution < 1.29 is 0 Å². The van der Waals surface area contributed by atoms with Crippen molar-refractivity contribution in [1.29, 1.82) is 0 Å². The maximum absolute atomic E-state index is 5.08. The second kappa shape index (κ2) is 6.41. The zero-order valence-electron chi connectivity index (χ0n) is 14.9. The average Bonchev–Trinajstić information content (AvgIpc) is 3.20. The minimum atomic E-state index is 0.861. The first-order valence-electron chi connectivity index (χ1n) is 9.15. The number of piperazine rings is 1. The first-order valence-corrected chi connectivity index (χ1v) is 9.96. The third-order valence-corrected chi connectivity index (χ3v) is 6.29. The van der Waals surface area contributed by atoms with Crippen LogP contribution in [0.15, 0.2) is 54.6 Å². The molecule has 1 fully saturated rings. The van der Waals surface area contributed by atoms with Gasteiger partial charge in [0, 0.05) is 36.3 Å². The van der Waals surface area contributed by atoms with Crippen LogP contribution < -0.4 is 4.90 Å². The highest BCUT2D eigenvalue weighted by Crippen LogP contribution is 2.36. The Hall–Kier alpha value is -2.37. The van der Waals surface area contributed by atoms with Crippen molar-refractivity contribution in [2.24, 2.45) is 0 Å². The quantitative estimate of drug-likeness (QED) is 0.549. The van der Waals surface area contributed by atoms with Crippen LogP contribution in [-0.2, 0) is 6.54 Å². The van der Waals surface area contributed by atoms with E-state index in [4.69, 9.17) is 4.98 Å². The van der Waals surface area contributed by atoms with Crippen LogP contribution in [0.1, 0.15) is 5.56 Å². The van der Waals surface area contributed by atoms with E-state index in [0.717, 1.165) is 43.5 Å². The zero-order valence-corrected chi connectivity index (χ0v) is 15.7. The topological polar surface area (TPSA) is 24.3 Å². The molecule has 0 atom stereocenters. The summed E-state index contributed by atoms with van der Waals surface area (Å²) in [6.45, 7) is 5.11. The van der Waals surface area contributed by atoms with E-state index in [1.807, 2.05) is 0 Å². The van der Waals surface area contributed by atoms with Gasteiger partial charge in [0.1, 0.15) is 4.83 Å². The number of imidazole rings is 1. The Morgan fingerprint density at radius 2 is 1.65 bits per heavy atom. The highest BCUT2D eigenvalue weighted by molar-refractivity contribution is 7.25. The van der Waals surface area contributed by atoms with Crippen molar-refractivity contribution in [3.05, 3.63) is 60.2 Å². The minimum Gasteiger partial charge on any atom is -0.340 e. The van der Waals surface area contributed by atoms with Gasteiger partial charge in [-0.25, -0.2) is 4.98 Å². The Bertz CT molecular complexity index is 1040. The zero-order chi connectivity index (χ0) is 17.5. The van der Waals surface area contributed by atoms with Crippen LogP contribution in [0.4, 0.5) is 5.95 Å². The lowest BCUT2D eigenvalue weighted by Gasteiger charge is -2.33. The molecule has 0 N–H and O–H groups in total. The van der Waals surface area contributed by atoms with Crippen LogP contribution in [0, 0.1) is 0 Å². The molecule has 0 radical (unpaired) electrons. The molecule has 1 saturated heterocycles. The van der Waals surface area contributed by atoms with Gasteiger partial charge in [0.2, 0.25) is 5.95 Å². The molecule has 1 aliphatic rings. The largest absolute Gasteiger partial charge is 0.340 e. The van der Waals surface area contributed by atoms with Gasteiger partial charge in [0.15, 0.2) is 0 Å². The molecule has 0 amide bonds. The summed E-state index contributed by atoms with van der Waals surface area (Å²) in [4.78, 5) is 11.1. The SMILES string of the molecule is CN1CCN(c2nc3sc4ccccc4c3n2Cc2ccccc2)CC1. The summed E-state index contributed by atoms with van der Waals surface area (Å²) in [5.74, 6) is 1.12. The van der Waals surface area contributed by atoms with E-state index < -0.39 is 0 Å². The summed E-state index contributed by atoms with van der Waals surface area (Å²) in [7, 11) is 2.19. The maximum Gasteiger partial charge on any atom is 0.207 e. The van der Waals surface area contributed by atoms with Crippen molar-refractivity contribution in [1.82, 2.24) is 14.5 Å². The summed E-state index contributed by atoms with van der Waals surface area (Å²) in [6.07, 6.45) is 0. The summed E-state index contributed by atoms with van der Waals surface area (Å²) in [6, 6.07) is 19.4. The number of anilines is 1. The first kappa shape index (κ1) is 15.9. The predicted octanol–water partition coefficient (Wildman–Crippen LogP) is 4.05. The van der Waals surface area contributed by atoms with Gasteiger partial charge >= 0.3 is 0 Å². The Labute approximate surface area is 157 Å². The maximum atomic E-state index is 5.08. The number of aromatic nitrogens is 2. The Morgan fingerprint density at radius 3 is 2.46 bits per heavy atom. The fraction of sp³-hybridized carbons (Fsp3) is 0.286. The third-order valence-electron chi connectivity index (χ3n) is 5.23. The lowest BCUT2D eigenvalue weighted by Crippen LogP contribution is -2.45. The molecular formula is C21H22N4S. The number of hydrogen-bond donors (Lipinski definition) is 0. The molecule has 2 aromatic carbocycles.